The Balaban J connectivity index is 1.48. The van der Waals surface area contributed by atoms with Gasteiger partial charge < -0.3 is 10.2 Å². The van der Waals surface area contributed by atoms with E-state index in [4.69, 9.17) is 11.6 Å². The van der Waals surface area contributed by atoms with Gasteiger partial charge in [-0.3, -0.25) is 4.79 Å². The molecule has 0 spiro atoms. The summed E-state index contributed by atoms with van der Waals surface area (Å²) in [5, 5.41) is 7.68. The van der Waals surface area contributed by atoms with Gasteiger partial charge in [-0.05, 0) is 49.1 Å². The van der Waals surface area contributed by atoms with E-state index in [0.29, 0.717) is 24.3 Å². The minimum Gasteiger partial charge on any atom is -0.371 e. The molecule has 1 aromatic heterocycles. The molecule has 2 aromatic carbocycles. The molecular weight excluding hydrogens is 403 g/mol. The summed E-state index contributed by atoms with van der Waals surface area (Å²) in [7, 11) is 0. The van der Waals surface area contributed by atoms with Crippen molar-refractivity contribution in [2.24, 2.45) is 0 Å². The number of nitrogens with zero attached hydrogens (tertiary/aromatic N) is 3. The van der Waals surface area contributed by atoms with Crippen LogP contribution in [0.3, 0.4) is 0 Å². The van der Waals surface area contributed by atoms with Crippen LogP contribution in [0.25, 0.3) is 0 Å². The number of hydrogen-bond acceptors (Lipinski definition) is 3. The third-order valence-electron chi connectivity index (χ3n) is 5.42. The third kappa shape index (κ3) is 4.33. The first-order chi connectivity index (χ1) is 14.5. The van der Waals surface area contributed by atoms with E-state index >= 15 is 0 Å². The highest BCUT2D eigenvalue weighted by molar-refractivity contribution is 6.33. The largest absolute Gasteiger partial charge is 0.371 e. The summed E-state index contributed by atoms with van der Waals surface area (Å²) in [6.07, 6.45) is 2.39. The van der Waals surface area contributed by atoms with Crippen molar-refractivity contribution in [3.63, 3.8) is 0 Å². The van der Waals surface area contributed by atoms with E-state index in [9.17, 15) is 9.18 Å². The van der Waals surface area contributed by atoms with Crippen molar-refractivity contribution in [2.75, 3.05) is 18.0 Å². The quantitative estimate of drug-likeness (QED) is 0.628. The van der Waals surface area contributed by atoms with E-state index < -0.39 is 0 Å². The summed E-state index contributed by atoms with van der Waals surface area (Å²) in [5.74, 6) is -0.546. The molecule has 156 valence electrons. The third-order valence-corrected chi connectivity index (χ3v) is 5.80. The zero-order valence-electron chi connectivity index (χ0n) is 16.9. The van der Waals surface area contributed by atoms with Crippen molar-refractivity contribution in [1.82, 2.24) is 15.1 Å². The number of nitrogens with one attached hydrogen (secondary N) is 1. The van der Waals surface area contributed by atoms with Crippen LogP contribution in [0.4, 0.5) is 10.1 Å². The lowest BCUT2D eigenvalue weighted by Gasteiger charge is -2.21. The molecule has 1 amide bonds. The van der Waals surface area contributed by atoms with Gasteiger partial charge in [0.25, 0.3) is 5.91 Å². The minimum absolute atomic E-state index is 0.251. The molecule has 3 aromatic rings. The number of carbonyl (C=O) groups excluding carboxylic acids is 1. The first kappa shape index (κ1) is 20.4. The molecule has 1 saturated heterocycles. The second-order valence-corrected chi connectivity index (χ2v) is 7.90. The first-order valence-electron chi connectivity index (χ1n) is 10.1. The van der Waals surface area contributed by atoms with Crippen LogP contribution in [0, 0.1) is 12.7 Å². The van der Waals surface area contributed by atoms with Gasteiger partial charge in [0.1, 0.15) is 11.0 Å². The molecule has 2 heterocycles. The van der Waals surface area contributed by atoms with Crippen LogP contribution in [0.1, 0.15) is 40.0 Å². The van der Waals surface area contributed by atoms with Crippen LogP contribution in [-0.4, -0.2) is 28.8 Å². The van der Waals surface area contributed by atoms with Gasteiger partial charge in [0, 0.05) is 25.3 Å². The van der Waals surface area contributed by atoms with Gasteiger partial charge in [-0.15, -0.1) is 0 Å². The van der Waals surface area contributed by atoms with Gasteiger partial charge in [0.15, 0.2) is 0 Å². The van der Waals surface area contributed by atoms with Gasteiger partial charge in [-0.2, -0.15) is 5.10 Å². The Labute approximate surface area is 180 Å². The molecule has 0 atom stereocenters. The highest BCUT2D eigenvalue weighted by Gasteiger charge is 2.21. The molecule has 4 rings (SSSR count). The highest BCUT2D eigenvalue weighted by atomic mass is 35.5. The Kier molecular flexibility index (Phi) is 6.04. The van der Waals surface area contributed by atoms with E-state index in [2.05, 4.69) is 21.4 Å². The predicted octanol–water partition coefficient (Wildman–Crippen LogP) is 4.56. The summed E-state index contributed by atoms with van der Waals surface area (Å²) >= 11 is 6.48. The van der Waals surface area contributed by atoms with Gasteiger partial charge in [-0.1, -0.05) is 41.9 Å². The van der Waals surface area contributed by atoms with E-state index in [1.165, 1.54) is 30.7 Å². The maximum absolute atomic E-state index is 13.1. The normalized spacial score (nSPS) is 13.6. The summed E-state index contributed by atoms with van der Waals surface area (Å²) in [4.78, 5) is 15.3. The molecule has 30 heavy (non-hydrogen) atoms. The van der Waals surface area contributed by atoms with E-state index in [0.717, 1.165) is 24.2 Å². The van der Waals surface area contributed by atoms with Crippen molar-refractivity contribution in [1.29, 1.82) is 0 Å². The smallest absolute Gasteiger partial charge is 0.256 e. The zero-order chi connectivity index (χ0) is 21.1. The molecule has 0 bridgehead atoms. The van der Waals surface area contributed by atoms with Crippen molar-refractivity contribution >= 4 is 23.2 Å². The predicted molar refractivity (Wildman–Crippen MR) is 117 cm³/mol. The summed E-state index contributed by atoms with van der Waals surface area (Å²) in [5.41, 5.74) is 4.04. The van der Waals surface area contributed by atoms with Crippen LogP contribution in [-0.2, 0) is 13.1 Å². The Morgan fingerprint density at radius 2 is 1.83 bits per heavy atom. The minimum atomic E-state index is -0.296. The monoisotopic (exact) mass is 426 g/mol. The number of anilines is 1. The Bertz CT molecular complexity index is 1040. The van der Waals surface area contributed by atoms with Gasteiger partial charge >= 0.3 is 0 Å². The van der Waals surface area contributed by atoms with Crippen molar-refractivity contribution in [2.45, 2.75) is 32.9 Å². The molecule has 0 radical (unpaired) electrons. The summed E-state index contributed by atoms with van der Waals surface area (Å²) in [6.45, 7) is 4.65. The molecule has 1 aliphatic heterocycles. The number of hydrogen-bond donors (Lipinski definition) is 1. The number of benzene rings is 2. The number of para-hydroxylation sites is 1. The number of rotatable bonds is 6. The van der Waals surface area contributed by atoms with Crippen LogP contribution in [0.5, 0.6) is 0 Å². The number of halogens is 2. The van der Waals surface area contributed by atoms with E-state index in [1.807, 2.05) is 18.2 Å². The number of carbonyl (C=O) groups is 1. The average molecular weight is 427 g/mol. The fourth-order valence-corrected chi connectivity index (χ4v) is 4.19. The van der Waals surface area contributed by atoms with Crippen LogP contribution in [0.15, 0.2) is 48.5 Å². The van der Waals surface area contributed by atoms with E-state index in [1.54, 1.807) is 23.7 Å². The maximum atomic E-state index is 13.1. The fraction of sp³-hybridized carbons (Fsp3) is 0.304. The lowest BCUT2D eigenvalue weighted by Crippen LogP contribution is -2.26. The van der Waals surface area contributed by atoms with Gasteiger partial charge in [-0.25, -0.2) is 9.07 Å². The fourth-order valence-electron chi connectivity index (χ4n) is 3.87. The molecular formula is C23H24ClFN4O. The second kappa shape index (κ2) is 8.88. The highest BCUT2D eigenvalue weighted by Crippen LogP contribution is 2.25. The molecule has 7 heteroatoms. The Morgan fingerprint density at radius 1 is 1.13 bits per heavy atom. The molecule has 0 saturated carbocycles. The summed E-state index contributed by atoms with van der Waals surface area (Å²) in [6, 6.07) is 14.3. The van der Waals surface area contributed by atoms with Crippen LogP contribution >= 0.6 is 11.6 Å². The van der Waals surface area contributed by atoms with Crippen molar-refractivity contribution in [3.8, 4) is 0 Å². The van der Waals surface area contributed by atoms with E-state index in [-0.39, 0.29) is 16.9 Å². The lowest BCUT2D eigenvalue weighted by atomic mass is 10.1. The topological polar surface area (TPSA) is 50.2 Å². The molecule has 1 fully saturated rings. The average Bonchev–Trinajstić information content (AvgIpc) is 3.37. The number of amides is 1. The molecule has 0 aliphatic carbocycles. The zero-order valence-corrected chi connectivity index (χ0v) is 17.6. The van der Waals surface area contributed by atoms with Crippen molar-refractivity contribution < 1.29 is 9.18 Å². The molecule has 1 N–H and O–H groups in total. The second-order valence-electron chi connectivity index (χ2n) is 7.54. The van der Waals surface area contributed by atoms with Crippen LogP contribution < -0.4 is 10.2 Å². The maximum Gasteiger partial charge on any atom is 0.256 e. The number of aryl methyl sites for hydroxylation is 1. The molecule has 5 nitrogen and oxygen atoms in total. The first-order valence-corrected chi connectivity index (χ1v) is 10.5. The standard InChI is InChI=1S/C23H24ClFN4O/c1-16-21(22(24)29(27-16)15-17-8-10-19(25)11-9-17)23(30)26-14-18-6-2-3-7-20(18)28-12-4-5-13-28/h2-3,6-11H,4-5,12-15H2,1H3,(H,26,30). The Morgan fingerprint density at radius 3 is 2.57 bits per heavy atom. The van der Waals surface area contributed by atoms with Gasteiger partial charge in [0.05, 0.1) is 17.8 Å². The lowest BCUT2D eigenvalue weighted by molar-refractivity contribution is 0.0950. The SMILES string of the molecule is Cc1nn(Cc2ccc(F)cc2)c(Cl)c1C(=O)NCc1ccccc1N1CCCC1. The molecule has 1 aliphatic rings. The van der Waals surface area contributed by atoms with Crippen LogP contribution in [0.2, 0.25) is 5.15 Å². The van der Waals surface area contributed by atoms with Gasteiger partial charge in [0.2, 0.25) is 0 Å². The number of aromatic nitrogens is 2. The Hall–Kier alpha value is -2.86. The molecule has 0 unspecified atom stereocenters. The van der Waals surface area contributed by atoms with Crippen molar-refractivity contribution in [3.05, 3.63) is 81.9 Å². The summed E-state index contributed by atoms with van der Waals surface area (Å²) < 4.78 is 14.7.